The molecule has 4 nitrogen and oxygen atoms in total. The summed E-state index contributed by atoms with van der Waals surface area (Å²) in [6.45, 7) is 0. The van der Waals surface area contributed by atoms with Gasteiger partial charge in [0.1, 0.15) is 17.4 Å². The zero-order chi connectivity index (χ0) is 15.7. The Balaban J connectivity index is 2.13. The van der Waals surface area contributed by atoms with Gasteiger partial charge in [-0.25, -0.2) is 0 Å². The number of allylic oxidation sites excluding steroid dienone is 3. The topological polar surface area (TPSA) is 76.1 Å². The van der Waals surface area contributed by atoms with E-state index in [1.807, 2.05) is 30.5 Å². The number of nitrogens with two attached hydrogens (primary N) is 1. The van der Waals surface area contributed by atoms with E-state index in [1.165, 1.54) is 0 Å². The molecule has 0 aromatic heterocycles. The largest absolute Gasteiger partial charge is 0.444 e. The van der Waals surface area contributed by atoms with Crippen LogP contribution in [0, 0.1) is 11.3 Å². The molecule has 0 bridgehead atoms. The molecule has 3 rings (SSSR count). The Morgan fingerprint density at radius 1 is 1.32 bits per heavy atom. The summed E-state index contributed by atoms with van der Waals surface area (Å²) in [5.74, 6) is 0.402. The summed E-state index contributed by atoms with van der Waals surface area (Å²) >= 11 is 1.65. The third-order valence-corrected chi connectivity index (χ3v) is 4.80. The zero-order valence-corrected chi connectivity index (χ0v) is 13.1. The standard InChI is InChI=1S/C17H16N2O2S/c1-22-11-7-5-10(6-8-11)15-12(9-18)17(19)21-14-4-2-3-13(20)16(14)15/h5-8,15H,2-4,19H2,1H3/t15-/m0/s1. The van der Waals surface area contributed by atoms with Crippen LogP contribution in [0.1, 0.15) is 30.7 Å². The maximum absolute atomic E-state index is 12.4. The molecule has 112 valence electrons. The van der Waals surface area contributed by atoms with Crippen molar-refractivity contribution in [2.24, 2.45) is 5.73 Å². The molecule has 0 spiro atoms. The highest BCUT2D eigenvalue weighted by atomic mass is 32.2. The first-order valence-corrected chi connectivity index (χ1v) is 8.36. The van der Waals surface area contributed by atoms with E-state index in [2.05, 4.69) is 6.07 Å². The lowest BCUT2D eigenvalue weighted by molar-refractivity contribution is -0.116. The monoisotopic (exact) mass is 312 g/mol. The molecule has 22 heavy (non-hydrogen) atoms. The molecule has 0 saturated heterocycles. The van der Waals surface area contributed by atoms with Crippen molar-refractivity contribution in [2.75, 3.05) is 6.26 Å². The van der Waals surface area contributed by atoms with E-state index in [-0.39, 0.29) is 11.7 Å². The number of carbonyl (C=O) groups excluding carboxylic acids is 1. The number of hydrogen-bond donors (Lipinski definition) is 1. The van der Waals surface area contributed by atoms with E-state index < -0.39 is 5.92 Å². The Labute approximate surface area is 133 Å². The molecule has 1 heterocycles. The van der Waals surface area contributed by atoms with Gasteiger partial charge in [-0.05, 0) is 30.4 Å². The van der Waals surface area contributed by atoms with Crippen LogP contribution in [0.5, 0.6) is 0 Å². The molecule has 1 atom stereocenters. The van der Waals surface area contributed by atoms with Crippen LogP contribution in [-0.4, -0.2) is 12.0 Å². The van der Waals surface area contributed by atoms with Crippen LogP contribution in [0.3, 0.4) is 0 Å². The molecule has 2 N–H and O–H groups in total. The van der Waals surface area contributed by atoms with Gasteiger partial charge in [0.15, 0.2) is 5.78 Å². The molecular weight excluding hydrogens is 296 g/mol. The van der Waals surface area contributed by atoms with E-state index in [0.717, 1.165) is 16.9 Å². The number of benzene rings is 1. The van der Waals surface area contributed by atoms with Crippen LogP contribution in [-0.2, 0) is 9.53 Å². The van der Waals surface area contributed by atoms with Gasteiger partial charge in [0.2, 0.25) is 5.88 Å². The Hall–Kier alpha value is -2.19. The van der Waals surface area contributed by atoms with Crippen molar-refractivity contribution in [3.8, 4) is 6.07 Å². The van der Waals surface area contributed by atoms with Crippen molar-refractivity contribution in [3.05, 3.63) is 52.6 Å². The predicted octanol–water partition coefficient (Wildman–Crippen LogP) is 3.22. The minimum absolute atomic E-state index is 0.0560. The van der Waals surface area contributed by atoms with Crippen molar-refractivity contribution in [1.29, 1.82) is 5.26 Å². The number of hydrogen-bond acceptors (Lipinski definition) is 5. The highest BCUT2D eigenvalue weighted by Gasteiger charge is 2.37. The van der Waals surface area contributed by atoms with Crippen molar-refractivity contribution in [3.63, 3.8) is 0 Å². The average Bonchev–Trinajstić information content (AvgIpc) is 2.54. The third kappa shape index (κ3) is 2.40. The maximum atomic E-state index is 12.4. The Morgan fingerprint density at radius 3 is 2.68 bits per heavy atom. The van der Waals surface area contributed by atoms with Crippen molar-refractivity contribution in [2.45, 2.75) is 30.1 Å². The summed E-state index contributed by atoms with van der Waals surface area (Å²) in [4.78, 5) is 13.5. The van der Waals surface area contributed by atoms with Gasteiger partial charge in [-0.3, -0.25) is 4.79 Å². The van der Waals surface area contributed by atoms with Crippen LogP contribution in [0.2, 0.25) is 0 Å². The van der Waals surface area contributed by atoms with Crippen LogP contribution >= 0.6 is 11.8 Å². The number of nitrogens with zero attached hydrogens (tertiary/aromatic N) is 1. The summed E-state index contributed by atoms with van der Waals surface area (Å²) in [7, 11) is 0. The molecule has 0 amide bonds. The Kier molecular flexibility index (Phi) is 3.95. The summed E-state index contributed by atoms with van der Waals surface area (Å²) in [6.07, 6.45) is 3.97. The second-order valence-corrected chi connectivity index (χ2v) is 6.19. The first-order valence-electron chi connectivity index (χ1n) is 7.13. The molecule has 1 aromatic rings. The van der Waals surface area contributed by atoms with Crippen molar-refractivity contribution < 1.29 is 9.53 Å². The van der Waals surface area contributed by atoms with Gasteiger partial charge in [0.05, 0.1) is 5.92 Å². The molecule has 0 radical (unpaired) electrons. The number of carbonyl (C=O) groups is 1. The van der Waals surface area contributed by atoms with Crippen molar-refractivity contribution in [1.82, 2.24) is 0 Å². The second kappa shape index (κ2) is 5.90. The molecule has 1 aliphatic carbocycles. The van der Waals surface area contributed by atoms with E-state index in [1.54, 1.807) is 11.8 Å². The van der Waals surface area contributed by atoms with Gasteiger partial charge < -0.3 is 10.5 Å². The second-order valence-electron chi connectivity index (χ2n) is 5.31. The molecule has 5 heteroatoms. The van der Waals surface area contributed by atoms with Crippen LogP contribution in [0.4, 0.5) is 0 Å². The molecule has 1 aliphatic heterocycles. The summed E-state index contributed by atoms with van der Waals surface area (Å²) in [6, 6.07) is 10.0. The number of ether oxygens (including phenoxy) is 1. The van der Waals surface area contributed by atoms with Gasteiger partial charge in [0.25, 0.3) is 0 Å². The first kappa shape index (κ1) is 14.7. The van der Waals surface area contributed by atoms with Crippen LogP contribution in [0.25, 0.3) is 0 Å². The van der Waals surface area contributed by atoms with Crippen LogP contribution in [0.15, 0.2) is 51.9 Å². The zero-order valence-electron chi connectivity index (χ0n) is 12.3. The van der Waals surface area contributed by atoms with E-state index in [0.29, 0.717) is 29.7 Å². The first-order chi connectivity index (χ1) is 10.7. The highest BCUT2D eigenvalue weighted by Crippen LogP contribution is 2.43. The summed E-state index contributed by atoms with van der Waals surface area (Å²) < 4.78 is 5.55. The lowest BCUT2D eigenvalue weighted by Crippen LogP contribution is -2.27. The molecular formula is C17H16N2O2S. The molecule has 0 saturated carbocycles. The normalized spacial score (nSPS) is 21.3. The molecule has 0 fully saturated rings. The van der Waals surface area contributed by atoms with E-state index in [9.17, 15) is 10.1 Å². The lowest BCUT2D eigenvalue weighted by atomic mass is 9.78. The smallest absolute Gasteiger partial charge is 0.205 e. The van der Waals surface area contributed by atoms with Gasteiger partial charge in [-0.15, -0.1) is 11.8 Å². The fraction of sp³-hybridized carbons (Fsp3) is 0.294. The number of ketones is 1. The van der Waals surface area contributed by atoms with Crippen LogP contribution < -0.4 is 5.73 Å². The van der Waals surface area contributed by atoms with Gasteiger partial charge in [-0.1, -0.05) is 12.1 Å². The fourth-order valence-corrected chi connectivity index (χ4v) is 3.39. The van der Waals surface area contributed by atoms with Gasteiger partial charge in [-0.2, -0.15) is 5.26 Å². The number of Topliss-reactive ketones (excluding diaryl/α,β-unsaturated/α-hetero) is 1. The quantitative estimate of drug-likeness (QED) is 0.849. The number of rotatable bonds is 2. The maximum Gasteiger partial charge on any atom is 0.205 e. The average molecular weight is 312 g/mol. The Bertz CT molecular complexity index is 726. The van der Waals surface area contributed by atoms with E-state index in [4.69, 9.17) is 10.5 Å². The Morgan fingerprint density at radius 2 is 2.05 bits per heavy atom. The summed E-state index contributed by atoms with van der Waals surface area (Å²) in [5, 5.41) is 9.46. The third-order valence-electron chi connectivity index (χ3n) is 4.05. The minimum atomic E-state index is -0.405. The SMILES string of the molecule is CSc1ccc([C@H]2C(C#N)=C(N)OC3=C2C(=O)CCC3)cc1. The number of nitriles is 1. The highest BCUT2D eigenvalue weighted by molar-refractivity contribution is 7.98. The van der Waals surface area contributed by atoms with Gasteiger partial charge >= 0.3 is 0 Å². The summed E-state index contributed by atoms with van der Waals surface area (Å²) in [5.41, 5.74) is 7.75. The molecule has 2 aliphatic rings. The van der Waals surface area contributed by atoms with Crippen molar-refractivity contribution >= 4 is 17.5 Å². The molecule has 1 aromatic carbocycles. The van der Waals surface area contributed by atoms with E-state index >= 15 is 0 Å². The molecule has 0 unspecified atom stereocenters. The lowest BCUT2D eigenvalue weighted by Gasteiger charge is -2.31. The van der Waals surface area contributed by atoms with Gasteiger partial charge in [0, 0.05) is 23.3 Å². The fourth-order valence-electron chi connectivity index (χ4n) is 2.99. The predicted molar refractivity (Wildman–Crippen MR) is 84.8 cm³/mol. The number of thioether (sulfide) groups is 1. The minimum Gasteiger partial charge on any atom is -0.444 e.